The first-order valence-corrected chi connectivity index (χ1v) is 11.4. The van der Waals surface area contributed by atoms with Gasteiger partial charge in [-0.15, -0.1) is 0 Å². The number of fused-ring (bicyclic) bond motifs is 1. The molecule has 4 rings (SSSR count). The second-order valence-electron chi connectivity index (χ2n) is 8.62. The summed E-state index contributed by atoms with van der Waals surface area (Å²) in [6.07, 6.45) is 0.661. The Kier molecular flexibility index (Phi) is 7.16. The molecule has 2 heterocycles. The van der Waals surface area contributed by atoms with Crippen molar-refractivity contribution in [2.24, 2.45) is 0 Å². The zero-order valence-corrected chi connectivity index (χ0v) is 20.4. The summed E-state index contributed by atoms with van der Waals surface area (Å²) in [5.74, 6) is 0.368. The summed E-state index contributed by atoms with van der Waals surface area (Å²) in [6, 6.07) is 9.38. The number of nitrogens with zero attached hydrogens (tertiary/aromatic N) is 2. The molecule has 0 aliphatic carbocycles. The van der Waals surface area contributed by atoms with Gasteiger partial charge in [-0.1, -0.05) is 6.07 Å². The minimum atomic E-state index is -0.787. The topological polar surface area (TPSA) is 97.8 Å². The van der Waals surface area contributed by atoms with Gasteiger partial charge < -0.3 is 33.9 Å². The van der Waals surface area contributed by atoms with E-state index in [0.717, 1.165) is 6.54 Å². The van der Waals surface area contributed by atoms with Gasteiger partial charge in [-0.25, -0.2) is 0 Å². The van der Waals surface area contributed by atoms with Crippen LogP contribution in [-0.4, -0.2) is 81.2 Å². The fraction of sp³-hybridized carbons (Fsp3) is 0.385. The average Bonchev–Trinajstić information content (AvgIpc) is 3.12. The number of rotatable bonds is 8. The molecule has 0 bridgehead atoms. The summed E-state index contributed by atoms with van der Waals surface area (Å²) in [4.78, 5) is 29.9. The Morgan fingerprint density at radius 1 is 1.03 bits per heavy atom. The maximum Gasteiger partial charge on any atom is 0.295 e. The molecular formula is C26H30N2O7. The lowest BCUT2D eigenvalue weighted by Crippen LogP contribution is -2.32. The van der Waals surface area contributed by atoms with Crippen LogP contribution in [0.3, 0.4) is 0 Å². The van der Waals surface area contributed by atoms with Crippen molar-refractivity contribution >= 4 is 17.4 Å². The van der Waals surface area contributed by atoms with Crippen molar-refractivity contribution in [3.8, 4) is 23.0 Å². The van der Waals surface area contributed by atoms with Crippen molar-refractivity contribution in [2.45, 2.75) is 12.5 Å². The molecule has 1 amide bonds. The van der Waals surface area contributed by atoms with Crippen molar-refractivity contribution in [1.29, 1.82) is 0 Å². The molecule has 1 atom stereocenters. The van der Waals surface area contributed by atoms with Crippen molar-refractivity contribution in [1.82, 2.24) is 9.80 Å². The molecule has 2 aliphatic heterocycles. The van der Waals surface area contributed by atoms with Gasteiger partial charge in [0.25, 0.3) is 11.7 Å². The first-order chi connectivity index (χ1) is 16.8. The van der Waals surface area contributed by atoms with E-state index in [1.807, 2.05) is 19.0 Å². The van der Waals surface area contributed by atoms with Crippen molar-refractivity contribution < 1.29 is 33.6 Å². The number of hydrogen-bond acceptors (Lipinski definition) is 8. The number of Topliss-reactive ketones (excluding diaryl/α,β-unsaturated/α-hetero) is 1. The molecule has 9 nitrogen and oxygen atoms in total. The minimum Gasteiger partial charge on any atom is -0.507 e. The van der Waals surface area contributed by atoms with E-state index in [2.05, 4.69) is 0 Å². The molecular weight excluding hydrogens is 452 g/mol. The molecule has 2 aromatic carbocycles. The van der Waals surface area contributed by atoms with E-state index in [-0.39, 0.29) is 11.3 Å². The number of ketones is 1. The predicted molar refractivity (Wildman–Crippen MR) is 129 cm³/mol. The van der Waals surface area contributed by atoms with E-state index in [1.165, 1.54) is 19.1 Å². The summed E-state index contributed by atoms with van der Waals surface area (Å²) >= 11 is 0. The molecule has 0 spiro atoms. The van der Waals surface area contributed by atoms with Gasteiger partial charge in [-0.3, -0.25) is 9.59 Å². The third kappa shape index (κ3) is 4.77. The monoisotopic (exact) mass is 482 g/mol. The number of aliphatic hydroxyl groups excluding tert-OH is 1. The number of ether oxygens (including phenoxy) is 4. The number of likely N-dealkylation sites (tertiary alicyclic amines) is 1. The van der Waals surface area contributed by atoms with Crippen LogP contribution in [0.15, 0.2) is 42.0 Å². The quantitative estimate of drug-likeness (QED) is 0.349. The third-order valence-corrected chi connectivity index (χ3v) is 6.08. The van der Waals surface area contributed by atoms with Gasteiger partial charge in [0.1, 0.15) is 19.0 Å². The summed E-state index contributed by atoms with van der Waals surface area (Å²) in [5, 5.41) is 11.3. The molecule has 0 aromatic heterocycles. The highest BCUT2D eigenvalue weighted by molar-refractivity contribution is 6.46. The van der Waals surface area contributed by atoms with Gasteiger partial charge in [0.15, 0.2) is 23.0 Å². The lowest BCUT2D eigenvalue weighted by molar-refractivity contribution is -0.139. The Morgan fingerprint density at radius 3 is 2.43 bits per heavy atom. The van der Waals surface area contributed by atoms with Gasteiger partial charge in [-0.2, -0.15) is 0 Å². The van der Waals surface area contributed by atoms with Crippen molar-refractivity contribution in [3.05, 3.63) is 53.1 Å². The third-order valence-electron chi connectivity index (χ3n) is 6.08. The first kappa shape index (κ1) is 24.4. The average molecular weight is 483 g/mol. The predicted octanol–water partition coefficient (Wildman–Crippen LogP) is 2.85. The Bertz CT molecular complexity index is 1160. The molecule has 35 heavy (non-hydrogen) atoms. The van der Waals surface area contributed by atoms with Crippen molar-refractivity contribution in [3.63, 3.8) is 0 Å². The lowest BCUT2D eigenvalue weighted by atomic mass is 9.94. The fourth-order valence-electron chi connectivity index (χ4n) is 4.38. The van der Waals surface area contributed by atoms with E-state index >= 15 is 0 Å². The van der Waals surface area contributed by atoms with Gasteiger partial charge >= 0.3 is 0 Å². The van der Waals surface area contributed by atoms with Gasteiger partial charge in [0.2, 0.25) is 0 Å². The first-order valence-electron chi connectivity index (χ1n) is 11.4. The van der Waals surface area contributed by atoms with E-state index < -0.39 is 17.7 Å². The standard InChI is InChI=1S/C26H30N2O7/c1-27(2)10-5-11-28-23(16-6-8-18(32-3)20(14-16)33-4)22(25(30)26(28)31)24(29)17-7-9-19-21(15-17)35-13-12-34-19/h6-9,14-15,23,29H,5,10-13H2,1-4H3/b24-22+/t23-/m0/s1. The van der Waals surface area contributed by atoms with Crippen LogP contribution in [0, 0.1) is 0 Å². The summed E-state index contributed by atoms with van der Waals surface area (Å²) < 4.78 is 22.0. The summed E-state index contributed by atoms with van der Waals surface area (Å²) in [7, 11) is 6.95. The van der Waals surface area contributed by atoms with Crippen LogP contribution in [0.1, 0.15) is 23.6 Å². The molecule has 0 saturated carbocycles. The highest BCUT2D eigenvalue weighted by Gasteiger charge is 2.46. The number of hydrogen-bond donors (Lipinski definition) is 1. The maximum atomic E-state index is 13.2. The SMILES string of the molecule is COc1ccc([C@H]2/C(=C(\O)c3ccc4c(c3)OCCO4)C(=O)C(=O)N2CCCN(C)C)cc1OC. The molecule has 1 fully saturated rings. The zero-order chi connectivity index (χ0) is 25.1. The van der Waals surface area contributed by atoms with E-state index in [0.29, 0.717) is 60.3 Å². The lowest BCUT2D eigenvalue weighted by Gasteiger charge is -2.26. The van der Waals surface area contributed by atoms with Crippen LogP contribution in [0.5, 0.6) is 23.0 Å². The zero-order valence-electron chi connectivity index (χ0n) is 20.4. The minimum absolute atomic E-state index is 0.0174. The largest absolute Gasteiger partial charge is 0.507 e. The van der Waals surface area contributed by atoms with Crippen LogP contribution in [0.4, 0.5) is 0 Å². The molecule has 1 saturated heterocycles. The van der Waals surface area contributed by atoms with E-state index in [9.17, 15) is 14.7 Å². The van der Waals surface area contributed by atoms with E-state index in [4.69, 9.17) is 18.9 Å². The molecule has 9 heteroatoms. The molecule has 0 unspecified atom stereocenters. The Morgan fingerprint density at radius 2 is 1.74 bits per heavy atom. The number of carbonyl (C=O) groups excluding carboxylic acids is 2. The Balaban J connectivity index is 1.82. The molecule has 186 valence electrons. The van der Waals surface area contributed by atoms with Crippen LogP contribution >= 0.6 is 0 Å². The smallest absolute Gasteiger partial charge is 0.295 e. The Labute approximate surface area is 204 Å². The second kappa shape index (κ2) is 10.3. The van der Waals surface area contributed by atoms with E-state index in [1.54, 1.807) is 36.4 Å². The van der Waals surface area contributed by atoms with Crippen LogP contribution < -0.4 is 18.9 Å². The normalized spacial score (nSPS) is 18.8. The molecule has 2 aromatic rings. The molecule has 1 N–H and O–H groups in total. The van der Waals surface area contributed by atoms with Gasteiger partial charge in [0, 0.05) is 12.1 Å². The van der Waals surface area contributed by atoms with Gasteiger partial charge in [0.05, 0.1) is 25.8 Å². The summed E-state index contributed by atoms with van der Waals surface area (Å²) in [5.41, 5.74) is 1.01. The Hall–Kier alpha value is -3.72. The number of amides is 1. The number of carbonyl (C=O) groups is 2. The van der Waals surface area contributed by atoms with Gasteiger partial charge in [-0.05, 0) is 63.0 Å². The van der Waals surface area contributed by atoms with Crippen LogP contribution in [0.2, 0.25) is 0 Å². The van der Waals surface area contributed by atoms with Crippen LogP contribution in [-0.2, 0) is 9.59 Å². The molecule has 0 radical (unpaired) electrons. The maximum absolute atomic E-state index is 13.2. The highest BCUT2D eigenvalue weighted by Crippen LogP contribution is 2.43. The number of methoxy groups -OCH3 is 2. The fourth-order valence-corrected chi connectivity index (χ4v) is 4.38. The second-order valence-corrected chi connectivity index (χ2v) is 8.62. The van der Waals surface area contributed by atoms with Crippen molar-refractivity contribution in [2.75, 3.05) is 54.6 Å². The number of benzene rings is 2. The highest BCUT2D eigenvalue weighted by atomic mass is 16.6. The summed E-state index contributed by atoms with van der Waals surface area (Å²) in [6.45, 7) is 1.91. The number of aliphatic hydroxyl groups is 1. The molecule has 2 aliphatic rings. The van der Waals surface area contributed by atoms with Crippen LogP contribution in [0.25, 0.3) is 5.76 Å².